The summed E-state index contributed by atoms with van der Waals surface area (Å²) in [4.78, 5) is 0. The largest absolute Gasteiger partial charge is 0.377 e. The SMILES string of the molecule is Cc1ccccc1CNC1COCC1F. The van der Waals surface area contributed by atoms with Gasteiger partial charge in [0, 0.05) is 6.54 Å². The predicted molar refractivity (Wildman–Crippen MR) is 57.5 cm³/mol. The third-order valence-corrected chi connectivity index (χ3v) is 2.83. The maximum atomic E-state index is 13.2. The Hall–Kier alpha value is -0.930. The van der Waals surface area contributed by atoms with E-state index in [1.165, 1.54) is 11.1 Å². The van der Waals surface area contributed by atoms with Crippen LogP contribution in [0.5, 0.6) is 0 Å². The van der Waals surface area contributed by atoms with Crippen molar-refractivity contribution in [2.75, 3.05) is 13.2 Å². The van der Waals surface area contributed by atoms with E-state index >= 15 is 0 Å². The van der Waals surface area contributed by atoms with Crippen molar-refractivity contribution < 1.29 is 9.13 Å². The van der Waals surface area contributed by atoms with Gasteiger partial charge in [0.15, 0.2) is 0 Å². The Morgan fingerprint density at radius 2 is 2.20 bits per heavy atom. The summed E-state index contributed by atoms with van der Waals surface area (Å²) in [6.45, 7) is 3.48. The van der Waals surface area contributed by atoms with E-state index in [2.05, 4.69) is 24.4 Å². The lowest BCUT2D eigenvalue weighted by Crippen LogP contribution is -2.36. The van der Waals surface area contributed by atoms with E-state index in [-0.39, 0.29) is 12.6 Å². The molecule has 1 saturated heterocycles. The molecule has 0 bridgehead atoms. The minimum Gasteiger partial charge on any atom is -0.377 e. The minimum atomic E-state index is -0.867. The molecule has 1 aliphatic heterocycles. The zero-order valence-corrected chi connectivity index (χ0v) is 8.87. The molecule has 1 aliphatic rings. The number of hydrogen-bond donors (Lipinski definition) is 1. The van der Waals surface area contributed by atoms with Gasteiger partial charge in [-0.1, -0.05) is 24.3 Å². The van der Waals surface area contributed by atoms with E-state index in [1.807, 2.05) is 12.1 Å². The topological polar surface area (TPSA) is 21.3 Å². The fraction of sp³-hybridized carbons (Fsp3) is 0.500. The van der Waals surface area contributed by atoms with Crippen molar-refractivity contribution in [1.82, 2.24) is 5.32 Å². The molecule has 1 N–H and O–H groups in total. The van der Waals surface area contributed by atoms with Gasteiger partial charge in [-0.15, -0.1) is 0 Å². The van der Waals surface area contributed by atoms with Gasteiger partial charge in [-0.2, -0.15) is 0 Å². The molecule has 0 aliphatic carbocycles. The molecule has 0 radical (unpaired) electrons. The van der Waals surface area contributed by atoms with Gasteiger partial charge >= 0.3 is 0 Å². The highest BCUT2D eigenvalue weighted by Gasteiger charge is 2.27. The van der Waals surface area contributed by atoms with Gasteiger partial charge in [0.05, 0.1) is 19.3 Å². The second-order valence-electron chi connectivity index (χ2n) is 3.97. The van der Waals surface area contributed by atoms with Gasteiger partial charge in [-0.05, 0) is 18.1 Å². The van der Waals surface area contributed by atoms with Crippen molar-refractivity contribution >= 4 is 0 Å². The van der Waals surface area contributed by atoms with Crippen molar-refractivity contribution in [3.63, 3.8) is 0 Å². The molecule has 1 aromatic rings. The molecule has 0 saturated carbocycles. The lowest BCUT2D eigenvalue weighted by molar-refractivity contribution is 0.172. The molecule has 2 nitrogen and oxygen atoms in total. The van der Waals surface area contributed by atoms with E-state index in [1.54, 1.807) is 0 Å². The first kappa shape index (κ1) is 10.6. The van der Waals surface area contributed by atoms with Gasteiger partial charge < -0.3 is 10.1 Å². The Balaban J connectivity index is 1.90. The van der Waals surface area contributed by atoms with Crippen LogP contribution in [0, 0.1) is 6.92 Å². The Morgan fingerprint density at radius 1 is 1.40 bits per heavy atom. The average molecular weight is 209 g/mol. The molecule has 1 heterocycles. The maximum Gasteiger partial charge on any atom is 0.141 e. The number of hydrogen-bond acceptors (Lipinski definition) is 2. The summed E-state index contributed by atoms with van der Waals surface area (Å²) < 4.78 is 18.3. The molecular formula is C12H16FNO. The quantitative estimate of drug-likeness (QED) is 0.820. The van der Waals surface area contributed by atoms with Crippen LogP contribution in [0.15, 0.2) is 24.3 Å². The fourth-order valence-corrected chi connectivity index (χ4v) is 1.76. The highest BCUT2D eigenvalue weighted by atomic mass is 19.1. The maximum absolute atomic E-state index is 13.2. The molecular weight excluding hydrogens is 193 g/mol. The summed E-state index contributed by atoms with van der Waals surface area (Å²) in [6.07, 6.45) is -0.867. The van der Waals surface area contributed by atoms with Crippen molar-refractivity contribution in [2.45, 2.75) is 25.7 Å². The minimum absolute atomic E-state index is 0.149. The van der Waals surface area contributed by atoms with Crippen LogP contribution in [-0.2, 0) is 11.3 Å². The van der Waals surface area contributed by atoms with Crippen LogP contribution in [0.4, 0.5) is 4.39 Å². The lowest BCUT2D eigenvalue weighted by Gasteiger charge is -2.14. The van der Waals surface area contributed by atoms with E-state index in [4.69, 9.17) is 4.74 Å². The first-order valence-electron chi connectivity index (χ1n) is 5.27. The van der Waals surface area contributed by atoms with Crippen LogP contribution in [0.3, 0.4) is 0 Å². The Bertz CT molecular complexity index is 329. The van der Waals surface area contributed by atoms with Gasteiger partial charge in [0.25, 0.3) is 0 Å². The molecule has 2 rings (SSSR count). The predicted octanol–water partition coefficient (Wildman–Crippen LogP) is 1.82. The van der Waals surface area contributed by atoms with Gasteiger partial charge in [0.2, 0.25) is 0 Å². The molecule has 0 aromatic heterocycles. The zero-order chi connectivity index (χ0) is 10.7. The second kappa shape index (κ2) is 4.73. The molecule has 2 atom stereocenters. The lowest BCUT2D eigenvalue weighted by atomic mass is 10.1. The Labute approximate surface area is 89.4 Å². The van der Waals surface area contributed by atoms with E-state index < -0.39 is 6.17 Å². The van der Waals surface area contributed by atoms with Gasteiger partial charge in [-0.3, -0.25) is 0 Å². The average Bonchev–Trinajstić information content (AvgIpc) is 2.63. The van der Waals surface area contributed by atoms with Crippen LogP contribution in [0.2, 0.25) is 0 Å². The van der Waals surface area contributed by atoms with E-state index in [0.29, 0.717) is 13.2 Å². The fourth-order valence-electron chi connectivity index (χ4n) is 1.76. The van der Waals surface area contributed by atoms with Crippen molar-refractivity contribution in [1.29, 1.82) is 0 Å². The number of alkyl halides is 1. The molecule has 2 unspecified atom stereocenters. The zero-order valence-electron chi connectivity index (χ0n) is 8.87. The monoisotopic (exact) mass is 209 g/mol. The molecule has 0 amide bonds. The standard InChI is InChI=1S/C12H16FNO/c1-9-4-2-3-5-10(9)6-14-12-8-15-7-11(12)13/h2-5,11-12,14H,6-8H2,1H3. The molecule has 1 fully saturated rings. The van der Waals surface area contributed by atoms with Crippen LogP contribution in [-0.4, -0.2) is 25.4 Å². The number of aryl methyl sites for hydroxylation is 1. The van der Waals surface area contributed by atoms with Gasteiger partial charge in [0.1, 0.15) is 6.17 Å². The van der Waals surface area contributed by atoms with Gasteiger partial charge in [-0.25, -0.2) is 4.39 Å². The highest BCUT2D eigenvalue weighted by Crippen LogP contribution is 2.11. The Morgan fingerprint density at radius 3 is 2.87 bits per heavy atom. The first-order chi connectivity index (χ1) is 7.27. The number of rotatable bonds is 3. The van der Waals surface area contributed by atoms with Crippen LogP contribution >= 0.6 is 0 Å². The molecule has 1 aromatic carbocycles. The molecule has 3 heteroatoms. The summed E-state index contributed by atoms with van der Waals surface area (Å²) >= 11 is 0. The Kier molecular flexibility index (Phi) is 3.34. The second-order valence-corrected chi connectivity index (χ2v) is 3.97. The summed E-state index contributed by atoms with van der Waals surface area (Å²) in [6, 6.07) is 7.99. The van der Waals surface area contributed by atoms with Crippen LogP contribution in [0.25, 0.3) is 0 Å². The van der Waals surface area contributed by atoms with Crippen molar-refractivity contribution in [2.24, 2.45) is 0 Å². The van der Waals surface area contributed by atoms with Crippen molar-refractivity contribution in [3.05, 3.63) is 35.4 Å². The van der Waals surface area contributed by atoms with Crippen molar-refractivity contribution in [3.8, 4) is 0 Å². The highest BCUT2D eigenvalue weighted by molar-refractivity contribution is 5.25. The number of halogens is 1. The number of nitrogens with one attached hydrogen (secondary N) is 1. The third kappa shape index (κ3) is 2.55. The van der Waals surface area contributed by atoms with E-state index in [9.17, 15) is 4.39 Å². The molecule has 82 valence electrons. The van der Waals surface area contributed by atoms with Crippen LogP contribution < -0.4 is 5.32 Å². The first-order valence-corrected chi connectivity index (χ1v) is 5.27. The number of ether oxygens (including phenoxy) is 1. The number of benzene rings is 1. The smallest absolute Gasteiger partial charge is 0.141 e. The van der Waals surface area contributed by atoms with Crippen LogP contribution in [0.1, 0.15) is 11.1 Å². The summed E-state index contributed by atoms with van der Waals surface area (Å²) in [5, 5.41) is 3.19. The molecule has 0 spiro atoms. The summed E-state index contributed by atoms with van der Waals surface area (Å²) in [5.74, 6) is 0. The molecule has 15 heavy (non-hydrogen) atoms. The summed E-state index contributed by atoms with van der Waals surface area (Å²) in [7, 11) is 0. The summed E-state index contributed by atoms with van der Waals surface area (Å²) in [5.41, 5.74) is 2.45. The normalized spacial score (nSPS) is 25.7. The van der Waals surface area contributed by atoms with E-state index in [0.717, 1.165) is 0 Å². The third-order valence-electron chi connectivity index (χ3n) is 2.83.